The van der Waals surface area contributed by atoms with Crippen molar-refractivity contribution in [3.05, 3.63) is 23.8 Å². The van der Waals surface area contributed by atoms with Crippen LogP contribution in [0.5, 0.6) is 5.75 Å². The maximum absolute atomic E-state index is 12.5. The third-order valence-electron chi connectivity index (χ3n) is 3.51. The summed E-state index contributed by atoms with van der Waals surface area (Å²) in [5, 5.41) is 0. The van der Waals surface area contributed by atoms with Gasteiger partial charge in [-0.25, -0.2) is 0 Å². The number of rotatable bonds is 3. The van der Waals surface area contributed by atoms with Gasteiger partial charge in [-0.1, -0.05) is 12.8 Å². The van der Waals surface area contributed by atoms with Crippen LogP contribution in [-0.4, -0.2) is 30.0 Å². The van der Waals surface area contributed by atoms with Gasteiger partial charge in [0.2, 0.25) is 0 Å². The second kappa shape index (κ2) is 6.64. The van der Waals surface area contributed by atoms with E-state index in [2.05, 4.69) is 0 Å². The summed E-state index contributed by atoms with van der Waals surface area (Å²) in [5.74, 6) is 0.724. The molecule has 1 aliphatic rings. The van der Waals surface area contributed by atoms with Gasteiger partial charge in [0.25, 0.3) is 5.91 Å². The number of anilines is 1. The molecule has 0 bridgehead atoms. The molecular formula is C16H24N2O2. The van der Waals surface area contributed by atoms with Crippen molar-refractivity contribution in [3.63, 3.8) is 0 Å². The average Bonchev–Trinajstić information content (AvgIpc) is 2.68. The molecule has 0 radical (unpaired) electrons. The largest absolute Gasteiger partial charge is 0.489 e. The summed E-state index contributed by atoms with van der Waals surface area (Å²) >= 11 is 0. The summed E-state index contributed by atoms with van der Waals surface area (Å²) < 4.78 is 5.60. The Morgan fingerprint density at radius 3 is 2.40 bits per heavy atom. The van der Waals surface area contributed by atoms with Gasteiger partial charge >= 0.3 is 0 Å². The second-order valence-corrected chi connectivity index (χ2v) is 5.63. The average molecular weight is 276 g/mol. The number of nitrogens with zero attached hydrogens (tertiary/aromatic N) is 1. The van der Waals surface area contributed by atoms with Crippen LogP contribution in [-0.2, 0) is 0 Å². The summed E-state index contributed by atoms with van der Waals surface area (Å²) in [5.41, 5.74) is 7.15. The van der Waals surface area contributed by atoms with E-state index in [1.807, 2.05) is 18.7 Å². The van der Waals surface area contributed by atoms with E-state index in [0.29, 0.717) is 17.0 Å². The van der Waals surface area contributed by atoms with E-state index in [0.717, 1.165) is 25.9 Å². The lowest BCUT2D eigenvalue weighted by Crippen LogP contribution is -2.31. The lowest BCUT2D eigenvalue weighted by molar-refractivity contribution is 0.0761. The highest BCUT2D eigenvalue weighted by Gasteiger charge is 2.18. The first kappa shape index (κ1) is 14.7. The number of hydrogen-bond donors (Lipinski definition) is 1. The van der Waals surface area contributed by atoms with E-state index in [-0.39, 0.29) is 12.0 Å². The van der Waals surface area contributed by atoms with Crippen LogP contribution in [0.2, 0.25) is 0 Å². The fourth-order valence-corrected chi connectivity index (χ4v) is 2.50. The molecule has 1 aliphatic heterocycles. The Labute approximate surface area is 120 Å². The zero-order chi connectivity index (χ0) is 14.5. The summed E-state index contributed by atoms with van der Waals surface area (Å²) in [6, 6.07) is 5.33. The maximum Gasteiger partial charge on any atom is 0.253 e. The van der Waals surface area contributed by atoms with Gasteiger partial charge < -0.3 is 15.4 Å². The topological polar surface area (TPSA) is 55.6 Å². The molecule has 0 spiro atoms. The smallest absolute Gasteiger partial charge is 0.253 e. The molecule has 2 N–H and O–H groups in total. The molecule has 1 heterocycles. The van der Waals surface area contributed by atoms with Gasteiger partial charge in [0.05, 0.1) is 11.8 Å². The number of benzene rings is 1. The SMILES string of the molecule is CC(C)Oc1ccc(C(=O)N2CCCCCC2)cc1N. The van der Waals surface area contributed by atoms with Crippen molar-refractivity contribution in [2.24, 2.45) is 0 Å². The van der Waals surface area contributed by atoms with Crippen LogP contribution in [0.4, 0.5) is 5.69 Å². The van der Waals surface area contributed by atoms with Crippen LogP contribution in [0.25, 0.3) is 0 Å². The zero-order valence-corrected chi connectivity index (χ0v) is 12.4. The minimum atomic E-state index is 0.0736. The fourth-order valence-electron chi connectivity index (χ4n) is 2.50. The summed E-state index contributed by atoms with van der Waals surface area (Å²) in [4.78, 5) is 14.4. The molecule has 1 aromatic carbocycles. The first-order chi connectivity index (χ1) is 9.58. The Bertz CT molecular complexity index is 464. The third kappa shape index (κ3) is 3.65. The summed E-state index contributed by atoms with van der Waals surface area (Å²) in [6.07, 6.45) is 4.69. The number of hydrogen-bond acceptors (Lipinski definition) is 3. The number of carbonyl (C=O) groups is 1. The van der Waals surface area contributed by atoms with E-state index >= 15 is 0 Å². The zero-order valence-electron chi connectivity index (χ0n) is 12.4. The number of likely N-dealkylation sites (tertiary alicyclic amines) is 1. The van der Waals surface area contributed by atoms with Gasteiger partial charge in [-0.05, 0) is 44.9 Å². The van der Waals surface area contributed by atoms with Crippen molar-refractivity contribution >= 4 is 11.6 Å². The molecular weight excluding hydrogens is 252 g/mol. The van der Waals surface area contributed by atoms with Crippen molar-refractivity contribution in [2.45, 2.75) is 45.6 Å². The van der Waals surface area contributed by atoms with E-state index in [4.69, 9.17) is 10.5 Å². The number of ether oxygens (including phenoxy) is 1. The number of amides is 1. The number of nitrogen functional groups attached to an aromatic ring is 1. The van der Waals surface area contributed by atoms with E-state index < -0.39 is 0 Å². The molecule has 0 unspecified atom stereocenters. The van der Waals surface area contributed by atoms with Crippen molar-refractivity contribution in [3.8, 4) is 5.75 Å². The Morgan fingerprint density at radius 2 is 1.85 bits per heavy atom. The first-order valence-electron chi connectivity index (χ1n) is 7.43. The monoisotopic (exact) mass is 276 g/mol. The highest BCUT2D eigenvalue weighted by Crippen LogP contribution is 2.25. The highest BCUT2D eigenvalue weighted by atomic mass is 16.5. The van der Waals surface area contributed by atoms with Crippen LogP contribution >= 0.6 is 0 Å². The Balaban J connectivity index is 2.11. The molecule has 1 amide bonds. The number of nitrogens with two attached hydrogens (primary N) is 1. The molecule has 110 valence electrons. The van der Waals surface area contributed by atoms with E-state index in [9.17, 15) is 4.79 Å². The molecule has 0 atom stereocenters. The van der Waals surface area contributed by atoms with Crippen LogP contribution in [0.3, 0.4) is 0 Å². The van der Waals surface area contributed by atoms with Crippen molar-refractivity contribution in [2.75, 3.05) is 18.8 Å². The minimum absolute atomic E-state index is 0.0736. The second-order valence-electron chi connectivity index (χ2n) is 5.63. The Kier molecular flexibility index (Phi) is 4.88. The van der Waals surface area contributed by atoms with Gasteiger partial charge in [-0.3, -0.25) is 4.79 Å². The van der Waals surface area contributed by atoms with E-state index in [1.54, 1.807) is 18.2 Å². The quantitative estimate of drug-likeness (QED) is 0.863. The highest BCUT2D eigenvalue weighted by molar-refractivity contribution is 5.95. The molecule has 0 saturated carbocycles. The Morgan fingerprint density at radius 1 is 1.20 bits per heavy atom. The van der Waals surface area contributed by atoms with Gasteiger partial charge in [0.15, 0.2) is 0 Å². The van der Waals surface area contributed by atoms with Gasteiger partial charge in [0.1, 0.15) is 5.75 Å². The molecule has 20 heavy (non-hydrogen) atoms. The maximum atomic E-state index is 12.5. The van der Waals surface area contributed by atoms with Crippen LogP contribution < -0.4 is 10.5 Å². The molecule has 1 aromatic rings. The fraction of sp³-hybridized carbons (Fsp3) is 0.562. The van der Waals surface area contributed by atoms with Crippen LogP contribution in [0.1, 0.15) is 49.9 Å². The Hall–Kier alpha value is -1.71. The molecule has 4 nitrogen and oxygen atoms in total. The molecule has 4 heteroatoms. The normalized spacial score (nSPS) is 16.1. The number of carbonyl (C=O) groups excluding carboxylic acids is 1. The first-order valence-corrected chi connectivity index (χ1v) is 7.43. The van der Waals surface area contributed by atoms with Gasteiger partial charge in [0, 0.05) is 18.7 Å². The van der Waals surface area contributed by atoms with E-state index in [1.165, 1.54) is 12.8 Å². The molecule has 0 aliphatic carbocycles. The summed E-state index contributed by atoms with van der Waals surface area (Å²) in [7, 11) is 0. The van der Waals surface area contributed by atoms with Crippen molar-refractivity contribution in [1.29, 1.82) is 0 Å². The van der Waals surface area contributed by atoms with Crippen LogP contribution in [0.15, 0.2) is 18.2 Å². The predicted octanol–water partition coefficient (Wildman–Crippen LogP) is 3.07. The standard InChI is InChI=1S/C16H24N2O2/c1-12(2)20-15-8-7-13(11-14(15)17)16(19)18-9-5-3-4-6-10-18/h7-8,11-12H,3-6,9-10,17H2,1-2H3. The molecule has 2 rings (SSSR count). The van der Waals surface area contributed by atoms with Crippen molar-refractivity contribution in [1.82, 2.24) is 4.90 Å². The van der Waals surface area contributed by atoms with Gasteiger partial charge in [-0.15, -0.1) is 0 Å². The molecule has 0 aromatic heterocycles. The summed E-state index contributed by atoms with van der Waals surface area (Å²) in [6.45, 7) is 5.61. The van der Waals surface area contributed by atoms with Crippen LogP contribution in [0, 0.1) is 0 Å². The van der Waals surface area contributed by atoms with Crippen molar-refractivity contribution < 1.29 is 9.53 Å². The third-order valence-corrected chi connectivity index (χ3v) is 3.51. The lowest BCUT2D eigenvalue weighted by atomic mass is 10.1. The van der Waals surface area contributed by atoms with Gasteiger partial charge in [-0.2, -0.15) is 0 Å². The molecule has 1 fully saturated rings. The lowest BCUT2D eigenvalue weighted by Gasteiger charge is -2.21. The predicted molar refractivity (Wildman–Crippen MR) is 81.0 cm³/mol. The molecule has 1 saturated heterocycles. The minimum Gasteiger partial charge on any atom is -0.489 e.